The molecule has 2 heteroatoms. The first-order chi connectivity index (χ1) is 9.43. The van der Waals surface area contributed by atoms with Crippen LogP contribution in [-0.4, -0.2) is 9.80 Å². The smallest absolute Gasteiger partial charge is 0.0308 e. The molecule has 0 aromatic heterocycles. The van der Waals surface area contributed by atoms with Crippen molar-refractivity contribution >= 4 is 12.0 Å². The lowest BCUT2D eigenvalue weighted by molar-refractivity contribution is 0.532. The molecule has 1 aliphatic carbocycles. The second-order valence-electron chi connectivity index (χ2n) is 6.25. The van der Waals surface area contributed by atoms with E-state index in [1.165, 1.54) is 103 Å². The molecule has 1 N–H and O–H groups in total. The van der Waals surface area contributed by atoms with Gasteiger partial charge in [-0.3, -0.25) is 0 Å². The van der Waals surface area contributed by atoms with Crippen molar-refractivity contribution in [2.75, 3.05) is 0 Å². The van der Waals surface area contributed by atoms with Gasteiger partial charge in [0, 0.05) is 5.25 Å². The number of rotatable bonds is 1. The van der Waals surface area contributed by atoms with E-state index in [0.29, 0.717) is 5.25 Å². The van der Waals surface area contributed by atoms with Gasteiger partial charge in [-0.25, -0.2) is 0 Å². The van der Waals surface area contributed by atoms with E-state index in [1.54, 1.807) is 0 Å². The van der Waals surface area contributed by atoms with Gasteiger partial charge in [0.25, 0.3) is 0 Å². The summed E-state index contributed by atoms with van der Waals surface area (Å²) in [5.74, 6) is 0. The highest BCUT2D eigenvalue weighted by atomic mass is 32.2. The van der Waals surface area contributed by atoms with Gasteiger partial charge in [-0.1, -0.05) is 89.9 Å². The van der Waals surface area contributed by atoms with Crippen molar-refractivity contribution in [3.8, 4) is 0 Å². The average Bonchev–Trinajstić information content (AvgIpc) is 2.44. The first-order valence-corrected chi connectivity index (χ1v) is 9.57. The highest BCUT2D eigenvalue weighted by Gasteiger charge is 2.08. The maximum atomic E-state index is 9.33. The Morgan fingerprint density at radius 3 is 1.00 bits per heavy atom. The first-order valence-electron chi connectivity index (χ1n) is 8.73. The third-order valence-corrected chi connectivity index (χ3v) is 5.22. The summed E-state index contributed by atoms with van der Waals surface area (Å²) in [5, 5.41) is 0.510. The lowest BCUT2D eigenvalue weighted by Crippen LogP contribution is -2.02. The van der Waals surface area contributed by atoms with Gasteiger partial charge in [-0.05, 0) is 24.9 Å². The van der Waals surface area contributed by atoms with Crippen LogP contribution >= 0.6 is 12.0 Å². The molecule has 0 aromatic carbocycles. The molecule has 1 aliphatic rings. The van der Waals surface area contributed by atoms with Crippen LogP contribution in [0.4, 0.5) is 0 Å². The first kappa shape index (κ1) is 17.4. The van der Waals surface area contributed by atoms with Gasteiger partial charge < -0.3 is 4.55 Å². The van der Waals surface area contributed by atoms with Crippen LogP contribution in [0.15, 0.2) is 0 Å². The van der Waals surface area contributed by atoms with Crippen LogP contribution in [0.1, 0.15) is 103 Å². The van der Waals surface area contributed by atoms with E-state index in [4.69, 9.17) is 0 Å². The van der Waals surface area contributed by atoms with Gasteiger partial charge in [0.1, 0.15) is 0 Å². The van der Waals surface area contributed by atoms with Gasteiger partial charge >= 0.3 is 0 Å². The Morgan fingerprint density at radius 1 is 0.474 bits per heavy atom. The molecule has 1 saturated carbocycles. The second kappa shape index (κ2) is 13.3. The SMILES string of the molecule is OSC1CCCCCCCCCCCCCCCC1. The number of hydrogen-bond acceptors (Lipinski definition) is 2. The zero-order valence-electron chi connectivity index (χ0n) is 12.7. The molecule has 0 aliphatic heterocycles. The zero-order chi connectivity index (χ0) is 13.6. The molecule has 0 spiro atoms. The average molecular weight is 287 g/mol. The molecule has 19 heavy (non-hydrogen) atoms. The Hall–Kier alpha value is 0.310. The topological polar surface area (TPSA) is 20.2 Å². The molecule has 0 bridgehead atoms. The van der Waals surface area contributed by atoms with Crippen molar-refractivity contribution in [2.45, 2.75) is 108 Å². The summed E-state index contributed by atoms with van der Waals surface area (Å²) >= 11 is 1.12. The van der Waals surface area contributed by atoms with Gasteiger partial charge in [-0.2, -0.15) is 0 Å². The molecule has 114 valence electrons. The Bertz CT molecular complexity index is 166. The van der Waals surface area contributed by atoms with Crippen LogP contribution < -0.4 is 0 Å². The minimum absolute atomic E-state index is 0.510. The monoisotopic (exact) mass is 286 g/mol. The van der Waals surface area contributed by atoms with Crippen molar-refractivity contribution in [1.82, 2.24) is 0 Å². The maximum Gasteiger partial charge on any atom is 0.0308 e. The molecular formula is C17H34OS. The Kier molecular flexibility index (Phi) is 12.2. The molecule has 1 fully saturated rings. The minimum Gasteiger partial charge on any atom is -0.330 e. The maximum absolute atomic E-state index is 9.33. The molecule has 0 unspecified atom stereocenters. The fraction of sp³-hybridized carbons (Fsp3) is 1.00. The standard InChI is InChI=1S/C17H34OS/c18-19-17-15-13-11-9-7-5-3-1-2-4-6-8-10-12-14-16-17/h17-18H,1-16H2. The molecule has 0 atom stereocenters. The summed E-state index contributed by atoms with van der Waals surface area (Å²) in [6.07, 6.45) is 22.2. The van der Waals surface area contributed by atoms with Crippen molar-refractivity contribution in [3.63, 3.8) is 0 Å². The summed E-state index contributed by atoms with van der Waals surface area (Å²) in [7, 11) is 0. The van der Waals surface area contributed by atoms with E-state index in [9.17, 15) is 4.55 Å². The quantitative estimate of drug-likeness (QED) is 0.534. The summed E-state index contributed by atoms with van der Waals surface area (Å²) in [4.78, 5) is 0. The van der Waals surface area contributed by atoms with Crippen LogP contribution in [0.3, 0.4) is 0 Å². The summed E-state index contributed by atoms with van der Waals surface area (Å²) in [6, 6.07) is 0. The lowest BCUT2D eigenvalue weighted by atomic mass is 10.0. The van der Waals surface area contributed by atoms with Gasteiger partial charge in [0.05, 0.1) is 0 Å². The fourth-order valence-corrected chi connectivity index (χ4v) is 3.66. The van der Waals surface area contributed by atoms with Gasteiger partial charge in [0.15, 0.2) is 0 Å². The van der Waals surface area contributed by atoms with E-state index in [-0.39, 0.29) is 0 Å². The van der Waals surface area contributed by atoms with E-state index >= 15 is 0 Å². The summed E-state index contributed by atoms with van der Waals surface area (Å²) in [6.45, 7) is 0. The predicted octanol–water partition coefficient (Wildman–Crippen LogP) is 6.82. The largest absolute Gasteiger partial charge is 0.330 e. The zero-order valence-corrected chi connectivity index (χ0v) is 13.6. The fourth-order valence-electron chi connectivity index (χ4n) is 3.12. The molecule has 0 saturated heterocycles. The van der Waals surface area contributed by atoms with Crippen LogP contribution in [0.2, 0.25) is 0 Å². The highest BCUT2D eigenvalue weighted by Crippen LogP contribution is 2.22. The van der Waals surface area contributed by atoms with Crippen LogP contribution in [0.5, 0.6) is 0 Å². The van der Waals surface area contributed by atoms with E-state index in [1.807, 2.05) is 0 Å². The third kappa shape index (κ3) is 10.7. The molecular weight excluding hydrogens is 252 g/mol. The van der Waals surface area contributed by atoms with Gasteiger partial charge in [-0.15, -0.1) is 0 Å². The predicted molar refractivity (Wildman–Crippen MR) is 87.9 cm³/mol. The van der Waals surface area contributed by atoms with Crippen molar-refractivity contribution in [3.05, 3.63) is 0 Å². The Balaban J connectivity index is 2.15. The Morgan fingerprint density at radius 2 is 0.737 bits per heavy atom. The highest BCUT2D eigenvalue weighted by molar-refractivity contribution is 7.94. The summed E-state index contributed by atoms with van der Waals surface area (Å²) < 4.78 is 9.33. The Labute approximate surface area is 125 Å². The molecule has 1 rings (SSSR count). The van der Waals surface area contributed by atoms with Crippen LogP contribution in [0, 0.1) is 0 Å². The lowest BCUT2D eigenvalue weighted by Gasteiger charge is -2.12. The second-order valence-corrected chi connectivity index (χ2v) is 7.13. The van der Waals surface area contributed by atoms with E-state index in [2.05, 4.69) is 0 Å². The van der Waals surface area contributed by atoms with Crippen molar-refractivity contribution < 1.29 is 4.55 Å². The number of hydrogen-bond donors (Lipinski definition) is 1. The molecule has 0 amide bonds. The van der Waals surface area contributed by atoms with Crippen LogP contribution in [0.25, 0.3) is 0 Å². The molecule has 0 heterocycles. The summed E-state index contributed by atoms with van der Waals surface area (Å²) in [5.41, 5.74) is 0. The third-order valence-electron chi connectivity index (χ3n) is 4.45. The van der Waals surface area contributed by atoms with Crippen molar-refractivity contribution in [1.29, 1.82) is 0 Å². The van der Waals surface area contributed by atoms with Crippen molar-refractivity contribution in [2.24, 2.45) is 0 Å². The molecule has 0 radical (unpaired) electrons. The molecule has 1 nitrogen and oxygen atoms in total. The van der Waals surface area contributed by atoms with E-state index in [0.717, 1.165) is 12.0 Å². The molecule has 0 aromatic rings. The van der Waals surface area contributed by atoms with Crippen LogP contribution in [-0.2, 0) is 0 Å². The minimum atomic E-state index is 0.510. The van der Waals surface area contributed by atoms with Gasteiger partial charge in [0.2, 0.25) is 0 Å². The normalized spacial score (nSPS) is 23.8. The van der Waals surface area contributed by atoms with E-state index < -0.39 is 0 Å².